The van der Waals surface area contributed by atoms with Crippen molar-refractivity contribution in [3.05, 3.63) is 66.7 Å². The number of likely N-dealkylation sites (tertiary alicyclic amines) is 1. The van der Waals surface area contributed by atoms with E-state index in [-0.39, 0.29) is 22.6 Å². The molecule has 0 aromatic heterocycles. The maximum Gasteiger partial charge on any atom is 0.490 e. The van der Waals surface area contributed by atoms with E-state index in [2.05, 4.69) is 16.6 Å². The summed E-state index contributed by atoms with van der Waals surface area (Å²) in [6, 6.07) is 12.4. The van der Waals surface area contributed by atoms with Gasteiger partial charge in [0, 0.05) is 36.8 Å². The molecule has 2 aromatic carbocycles. The lowest BCUT2D eigenvalue weighted by Crippen LogP contribution is -2.43. The first-order valence-electron chi connectivity index (χ1n) is 11.5. The molecule has 1 fully saturated rings. The molecule has 3 N–H and O–H groups in total. The summed E-state index contributed by atoms with van der Waals surface area (Å²) in [5.74, 6) is -2.44. The number of anilines is 1. The molecule has 0 spiro atoms. The number of carboxylic acid groups (broad SMARTS) is 1. The summed E-state index contributed by atoms with van der Waals surface area (Å²) in [5.41, 5.74) is 0.821. The van der Waals surface area contributed by atoms with E-state index in [0.717, 1.165) is 0 Å². The summed E-state index contributed by atoms with van der Waals surface area (Å²) >= 11 is 0. The SMILES string of the molecule is C=CCNC(=O)C1CCN(C(=O)c2ccc(NS(=O)(=O)c3ccc(OC)cc3)cc2)CC1.O=C(O)C(F)(F)F. The first kappa shape index (κ1) is 31.1. The summed E-state index contributed by atoms with van der Waals surface area (Å²) in [6.45, 7) is 5.01. The summed E-state index contributed by atoms with van der Waals surface area (Å²) in [4.78, 5) is 35.6. The maximum atomic E-state index is 12.8. The number of carbonyl (C=O) groups is 3. The molecule has 0 aliphatic carbocycles. The molecule has 0 unspecified atom stereocenters. The second kappa shape index (κ2) is 13.6. The molecular weight excluding hydrogens is 543 g/mol. The van der Waals surface area contributed by atoms with Crippen molar-refractivity contribution in [2.24, 2.45) is 5.92 Å². The Morgan fingerprint density at radius 1 is 1.08 bits per heavy atom. The number of benzene rings is 2. The quantitative estimate of drug-likeness (QED) is 0.413. The topological polar surface area (TPSA) is 142 Å². The van der Waals surface area contributed by atoms with Crippen LogP contribution in [0.5, 0.6) is 5.75 Å². The minimum absolute atomic E-state index is 0.00880. The first-order valence-corrected chi connectivity index (χ1v) is 13.0. The molecule has 0 radical (unpaired) electrons. The van der Waals surface area contributed by atoms with Gasteiger partial charge in [0.25, 0.3) is 15.9 Å². The molecule has 1 saturated heterocycles. The van der Waals surface area contributed by atoms with Crippen LogP contribution in [0.15, 0.2) is 66.1 Å². The van der Waals surface area contributed by atoms with Crippen LogP contribution in [0.4, 0.5) is 18.9 Å². The Morgan fingerprint density at radius 2 is 1.62 bits per heavy atom. The highest BCUT2D eigenvalue weighted by atomic mass is 32.2. The van der Waals surface area contributed by atoms with Gasteiger partial charge in [0.15, 0.2) is 0 Å². The zero-order valence-electron chi connectivity index (χ0n) is 20.9. The van der Waals surface area contributed by atoms with Gasteiger partial charge in [-0.05, 0) is 61.4 Å². The number of aliphatic carboxylic acids is 1. The number of amides is 2. The van der Waals surface area contributed by atoms with E-state index in [9.17, 15) is 31.2 Å². The molecule has 0 bridgehead atoms. The van der Waals surface area contributed by atoms with Crippen LogP contribution in [-0.4, -0.2) is 69.1 Å². The highest BCUT2D eigenvalue weighted by molar-refractivity contribution is 7.92. The molecule has 39 heavy (non-hydrogen) atoms. The number of hydrogen-bond donors (Lipinski definition) is 3. The summed E-state index contributed by atoms with van der Waals surface area (Å²) in [7, 11) is -2.25. The molecule has 3 rings (SSSR count). The van der Waals surface area contributed by atoms with Crippen molar-refractivity contribution < 1.29 is 45.8 Å². The molecular formula is C25H28F3N3O7S. The Bertz CT molecular complexity index is 1260. The molecule has 0 atom stereocenters. The fourth-order valence-electron chi connectivity index (χ4n) is 3.49. The van der Waals surface area contributed by atoms with E-state index in [1.165, 1.54) is 19.2 Å². The van der Waals surface area contributed by atoms with Gasteiger partial charge in [-0.15, -0.1) is 6.58 Å². The highest BCUT2D eigenvalue weighted by Gasteiger charge is 2.38. The highest BCUT2D eigenvalue weighted by Crippen LogP contribution is 2.22. The first-order chi connectivity index (χ1) is 18.3. The van der Waals surface area contributed by atoms with Crippen molar-refractivity contribution in [1.29, 1.82) is 0 Å². The molecule has 1 heterocycles. The number of methoxy groups -OCH3 is 1. The fourth-order valence-corrected chi connectivity index (χ4v) is 4.55. The van der Waals surface area contributed by atoms with Crippen molar-refractivity contribution in [1.82, 2.24) is 10.2 Å². The van der Waals surface area contributed by atoms with Gasteiger partial charge in [-0.3, -0.25) is 14.3 Å². The van der Waals surface area contributed by atoms with Crippen molar-refractivity contribution >= 4 is 33.5 Å². The van der Waals surface area contributed by atoms with Gasteiger partial charge in [-0.1, -0.05) is 6.08 Å². The number of carbonyl (C=O) groups excluding carboxylic acids is 2. The van der Waals surface area contributed by atoms with Crippen molar-refractivity contribution in [2.45, 2.75) is 23.9 Å². The Kier molecular flexibility index (Phi) is 10.9. The number of halogens is 3. The number of rotatable bonds is 8. The van der Waals surface area contributed by atoms with E-state index < -0.39 is 22.2 Å². The molecule has 10 nitrogen and oxygen atoms in total. The van der Waals surface area contributed by atoms with Crippen LogP contribution in [0, 0.1) is 5.92 Å². The number of nitrogens with one attached hydrogen (secondary N) is 2. The fraction of sp³-hybridized carbons (Fsp3) is 0.320. The van der Waals surface area contributed by atoms with Gasteiger partial charge in [0.2, 0.25) is 5.91 Å². The second-order valence-corrected chi connectivity index (χ2v) is 9.94. The number of sulfonamides is 1. The van der Waals surface area contributed by atoms with E-state index >= 15 is 0 Å². The Hall–Kier alpha value is -4.07. The molecule has 212 valence electrons. The van der Waals surface area contributed by atoms with Crippen LogP contribution >= 0.6 is 0 Å². The van der Waals surface area contributed by atoms with Crippen molar-refractivity contribution in [3.63, 3.8) is 0 Å². The Morgan fingerprint density at radius 3 is 2.08 bits per heavy atom. The van der Waals surface area contributed by atoms with Gasteiger partial charge >= 0.3 is 12.1 Å². The minimum atomic E-state index is -5.08. The van der Waals surface area contributed by atoms with Crippen LogP contribution in [0.3, 0.4) is 0 Å². The maximum absolute atomic E-state index is 12.8. The monoisotopic (exact) mass is 571 g/mol. The molecule has 14 heteroatoms. The van der Waals surface area contributed by atoms with Crippen LogP contribution < -0.4 is 14.8 Å². The second-order valence-electron chi connectivity index (χ2n) is 8.26. The zero-order chi connectivity index (χ0) is 29.2. The average Bonchev–Trinajstić information content (AvgIpc) is 2.91. The molecule has 2 aromatic rings. The summed E-state index contributed by atoms with van der Waals surface area (Å²) in [6.07, 6.45) is -2.24. The summed E-state index contributed by atoms with van der Waals surface area (Å²) < 4.78 is 64.4. The minimum Gasteiger partial charge on any atom is -0.497 e. The number of piperidine rings is 1. The Balaban J connectivity index is 0.000000673. The van der Waals surface area contributed by atoms with Gasteiger partial charge < -0.3 is 20.1 Å². The van der Waals surface area contributed by atoms with E-state index in [1.807, 2.05) is 0 Å². The van der Waals surface area contributed by atoms with Crippen LogP contribution in [0.1, 0.15) is 23.2 Å². The lowest BCUT2D eigenvalue weighted by atomic mass is 9.95. The normalized spacial score (nSPS) is 13.9. The van der Waals surface area contributed by atoms with E-state index in [0.29, 0.717) is 49.5 Å². The predicted octanol–water partition coefficient (Wildman–Crippen LogP) is 3.28. The third-order valence-electron chi connectivity index (χ3n) is 5.57. The van der Waals surface area contributed by atoms with Gasteiger partial charge in [-0.25, -0.2) is 13.2 Å². The number of hydrogen-bond acceptors (Lipinski definition) is 6. The molecule has 1 aliphatic heterocycles. The largest absolute Gasteiger partial charge is 0.497 e. The van der Waals surface area contributed by atoms with Crippen molar-refractivity contribution in [2.75, 3.05) is 31.5 Å². The van der Waals surface area contributed by atoms with Gasteiger partial charge in [0.05, 0.1) is 12.0 Å². The van der Waals surface area contributed by atoms with E-state index in [1.54, 1.807) is 47.4 Å². The van der Waals surface area contributed by atoms with E-state index in [4.69, 9.17) is 14.6 Å². The third kappa shape index (κ3) is 9.32. The predicted molar refractivity (Wildman–Crippen MR) is 136 cm³/mol. The van der Waals surface area contributed by atoms with Crippen LogP contribution in [0.2, 0.25) is 0 Å². The lowest BCUT2D eigenvalue weighted by Gasteiger charge is -2.31. The molecule has 1 aliphatic rings. The molecule has 0 saturated carbocycles. The standard InChI is InChI=1S/C23H27N3O5S.C2HF3O2/c1-3-14-24-22(27)17-12-15-26(16-13-17)23(28)18-4-6-19(7-5-18)25-32(29,30)21-10-8-20(31-2)9-11-21;3-2(4,5)1(6)7/h3-11,17,25H,1,12-16H2,2H3,(H,24,27);(H,6,7). The smallest absolute Gasteiger partial charge is 0.490 e. The Labute approximate surface area is 223 Å². The van der Waals surface area contributed by atoms with Crippen LogP contribution in [-0.2, 0) is 19.6 Å². The third-order valence-corrected chi connectivity index (χ3v) is 6.97. The molecule has 2 amide bonds. The lowest BCUT2D eigenvalue weighted by molar-refractivity contribution is -0.192. The summed E-state index contributed by atoms with van der Waals surface area (Å²) in [5, 5.41) is 9.92. The number of carboxylic acids is 1. The van der Waals surface area contributed by atoms with Gasteiger partial charge in [-0.2, -0.15) is 13.2 Å². The number of ether oxygens (including phenoxy) is 1. The average molecular weight is 572 g/mol. The van der Waals surface area contributed by atoms with Crippen LogP contribution in [0.25, 0.3) is 0 Å². The number of nitrogens with zero attached hydrogens (tertiary/aromatic N) is 1. The van der Waals surface area contributed by atoms with Gasteiger partial charge in [0.1, 0.15) is 5.75 Å². The zero-order valence-corrected chi connectivity index (χ0v) is 21.7. The number of alkyl halides is 3. The van der Waals surface area contributed by atoms with Crippen molar-refractivity contribution in [3.8, 4) is 5.75 Å².